The molecule has 1 aliphatic heterocycles. The summed E-state index contributed by atoms with van der Waals surface area (Å²) >= 11 is 6.20. The van der Waals surface area contributed by atoms with Gasteiger partial charge in [-0.1, -0.05) is 62.2 Å². The van der Waals surface area contributed by atoms with Crippen LogP contribution in [0.4, 0.5) is 0 Å². The quantitative estimate of drug-likeness (QED) is 0.414. The van der Waals surface area contributed by atoms with Crippen molar-refractivity contribution in [2.45, 2.75) is 53.0 Å². The van der Waals surface area contributed by atoms with Crippen molar-refractivity contribution in [1.82, 2.24) is 9.80 Å². The first kappa shape index (κ1) is 25.6. The van der Waals surface area contributed by atoms with E-state index in [9.17, 15) is 4.79 Å². The number of benzene rings is 2. The van der Waals surface area contributed by atoms with Crippen molar-refractivity contribution < 1.29 is 9.53 Å². The fourth-order valence-corrected chi connectivity index (χ4v) is 4.81. The fraction of sp³-hybridized carbons (Fsp3) is 0.536. The van der Waals surface area contributed by atoms with Crippen LogP contribution in [-0.2, 0) is 11.3 Å². The van der Waals surface area contributed by atoms with Gasteiger partial charge >= 0.3 is 0 Å². The molecule has 180 valence electrons. The maximum absolute atomic E-state index is 13.4. The van der Waals surface area contributed by atoms with Gasteiger partial charge in [-0.2, -0.15) is 0 Å². The summed E-state index contributed by atoms with van der Waals surface area (Å²) in [5.41, 5.74) is 1.96. The largest absolute Gasteiger partial charge is 0.493 e. The first-order chi connectivity index (χ1) is 15.8. The van der Waals surface area contributed by atoms with Crippen LogP contribution in [0.5, 0.6) is 5.75 Å². The van der Waals surface area contributed by atoms with Gasteiger partial charge in [0.2, 0.25) is 5.91 Å². The van der Waals surface area contributed by atoms with Crippen LogP contribution < -0.4 is 4.74 Å². The molecular weight excluding hydrogens is 432 g/mol. The van der Waals surface area contributed by atoms with Gasteiger partial charge in [0.1, 0.15) is 5.75 Å². The van der Waals surface area contributed by atoms with Crippen molar-refractivity contribution in [2.75, 3.05) is 33.3 Å². The van der Waals surface area contributed by atoms with Crippen LogP contribution in [0.3, 0.4) is 0 Å². The zero-order chi connectivity index (χ0) is 23.8. The monoisotopic (exact) mass is 470 g/mol. The number of rotatable bonds is 10. The van der Waals surface area contributed by atoms with E-state index in [2.05, 4.69) is 30.9 Å². The molecule has 2 aromatic carbocycles. The molecule has 0 unspecified atom stereocenters. The van der Waals surface area contributed by atoms with E-state index in [1.807, 2.05) is 55.3 Å². The van der Waals surface area contributed by atoms with Crippen LogP contribution in [0.25, 0.3) is 0 Å². The van der Waals surface area contributed by atoms with E-state index in [1.54, 1.807) is 0 Å². The Morgan fingerprint density at radius 3 is 2.70 bits per heavy atom. The Morgan fingerprint density at radius 1 is 1.24 bits per heavy atom. The molecule has 0 radical (unpaired) electrons. The predicted molar refractivity (Wildman–Crippen MR) is 137 cm³/mol. The van der Waals surface area contributed by atoms with Gasteiger partial charge in [-0.3, -0.25) is 4.79 Å². The van der Waals surface area contributed by atoms with E-state index in [0.29, 0.717) is 25.5 Å². The van der Waals surface area contributed by atoms with E-state index in [0.717, 1.165) is 54.4 Å². The lowest BCUT2D eigenvalue weighted by Gasteiger charge is -2.43. The van der Waals surface area contributed by atoms with E-state index in [4.69, 9.17) is 16.3 Å². The summed E-state index contributed by atoms with van der Waals surface area (Å²) in [6, 6.07) is 16.0. The van der Waals surface area contributed by atoms with Crippen molar-refractivity contribution in [3.05, 3.63) is 64.7 Å². The van der Waals surface area contributed by atoms with E-state index in [1.165, 1.54) is 6.42 Å². The predicted octanol–water partition coefficient (Wildman–Crippen LogP) is 6.20. The van der Waals surface area contributed by atoms with E-state index >= 15 is 0 Å². The van der Waals surface area contributed by atoms with Gasteiger partial charge in [0.25, 0.3) is 0 Å². The Bertz CT molecular complexity index is 904. The van der Waals surface area contributed by atoms with Crippen molar-refractivity contribution >= 4 is 17.5 Å². The highest BCUT2D eigenvalue weighted by molar-refractivity contribution is 6.31. The summed E-state index contributed by atoms with van der Waals surface area (Å²) in [6.07, 6.45) is 3.76. The summed E-state index contributed by atoms with van der Waals surface area (Å²) in [5, 5.41) is 0.743. The first-order valence-electron chi connectivity index (χ1n) is 12.2. The summed E-state index contributed by atoms with van der Waals surface area (Å²) in [5.74, 6) is 1.65. The second-order valence-electron chi connectivity index (χ2n) is 9.96. The molecular formula is C28H39ClN2O2. The molecule has 3 rings (SSSR count). The van der Waals surface area contributed by atoms with Crippen LogP contribution in [-0.4, -0.2) is 49.0 Å². The lowest BCUT2D eigenvalue weighted by atomic mass is 9.77. The topological polar surface area (TPSA) is 32.8 Å². The highest BCUT2D eigenvalue weighted by Crippen LogP contribution is 2.36. The number of likely N-dealkylation sites (tertiary alicyclic amines) is 1. The van der Waals surface area contributed by atoms with Crippen LogP contribution in [0.2, 0.25) is 5.02 Å². The summed E-state index contributed by atoms with van der Waals surface area (Å²) in [4.78, 5) is 17.7. The van der Waals surface area contributed by atoms with Gasteiger partial charge in [-0.05, 0) is 61.6 Å². The fourth-order valence-electron chi connectivity index (χ4n) is 4.69. The Morgan fingerprint density at radius 2 is 2.00 bits per heavy atom. The lowest BCUT2D eigenvalue weighted by molar-refractivity contribution is -0.135. The summed E-state index contributed by atoms with van der Waals surface area (Å²) in [7, 11) is 1.91. The molecule has 1 amide bonds. The van der Waals surface area contributed by atoms with Crippen LogP contribution >= 0.6 is 11.6 Å². The number of carbonyl (C=O) groups is 1. The maximum atomic E-state index is 13.4. The minimum absolute atomic E-state index is 0.181. The smallest absolute Gasteiger partial charge is 0.223 e. The zero-order valence-electron chi connectivity index (χ0n) is 20.6. The molecule has 33 heavy (non-hydrogen) atoms. The van der Waals surface area contributed by atoms with Crippen molar-refractivity contribution in [1.29, 1.82) is 0 Å². The molecule has 0 spiro atoms. The highest BCUT2D eigenvalue weighted by atomic mass is 35.5. The summed E-state index contributed by atoms with van der Waals surface area (Å²) in [6.45, 7) is 10.8. The number of hydrogen-bond acceptors (Lipinski definition) is 3. The number of carbonyl (C=O) groups excluding carboxylic acids is 1. The molecule has 0 aromatic heterocycles. The average molecular weight is 471 g/mol. The molecule has 0 aliphatic carbocycles. The molecule has 1 aliphatic rings. The molecule has 1 saturated heterocycles. The van der Waals surface area contributed by atoms with Gasteiger partial charge in [0.05, 0.1) is 6.61 Å². The average Bonchev–Trinajstić information content (AvgIpc) is 2.80. The Labute approximate surface area is 204 Å². The van der Waals surface area contributed by atoms with Gasteiger partial charge in [-0.15, -0.1) is 0 Å². The number of amides is 1. The van der Waals surface area contributed by atoms with Gasteiger partial charge in [-0.25, -0.2) is 0 Å². The molecule has 4 nitrogen and oxygen atoms in total. The van der Waals surface area contributed by atoms with Crippen molar-refractivity contribution in [3.63, 3.8) is 0 Å². The number of piperidine rings is 1. The minimum Gasteiger partial charge on any atom is -0.493 e. The zero-order valence-corrected chi connectivity index (χ0v) is 21.4. The van der Waals surface area contributed by atoms with Crippen LogP contribution in [0.1, 0.15) is 50.7 Å². The number of ether oxygens (including phenoxy) is 1. The number of halogens is 1. The molecule has 2 aromatic rings. The van der Waals surface area contributed by atoms with E-state index in [-0.39, 0.29) is 11.3 Å². The van der Waals surface area contributed by atoms with Crippen molar-refractivity contribution in [2.24, 2.45) is 11.3 Å². The highest BCUT2D eigenvalue weighted by Gasteiger charge is 2.39. The van der Waals surface area contributed by atoms with E-state index < -0.39 is 0 Å². The number of nitrogens with zero attached hydrogens (tertiary/aromatic N) is 2. The standard InChI is InChI=1S/C28H39ClN2O2/c1-5-22(2)18-31-15-9-14-28(20-31,21-33-25-12-13-26(29)23(3)16-25)17-27(32)30(4)19-24-10-7-6-8-11-24/h6-8,10-13,16,22H,5,9,14-15,17-21H2,1-4H3/t22-,28-/m0/s1. The third kappa shape index (κ3) is 7.48. The SMILES string of the molecule is CC[C@H](C)CN1CCC[C@](COc2ccc(Cl)c(C)c2)(CC(=O)N(C)Cc2ccccc2)C1. The number of aryl methyl sites for hydroxylation is 1. The van der Waals surface area contributed by atoms with Crippen molar-refractivity contribution in [3.8, 4) is 5.75 Å². The molecule has 0 bridgehead atoms. The first-order valence-corrected chi connectivity index (χ1v) is 12.6. The lowest BCUT2D eigenvalue weighted by Crippen LogP contribution is -2.49. The third-order valence-electron chi connectivity index (χ3n) is 6.90. The van der Waals surface area contributed by atoms with Gasteiger partial charge in [0.15, 0.2) is 0 Å². The van der Waals surface area contributed by atoms with Gasteiger partial charge < -0.3 is 14.5 Å². The third-order valence-corrected chi connectivity index (χ3v) is 7.32. The Balaban J connectivity index is 1.73. The molecule has 1 fully saturated rings. The van der Waals surface area contributed by atoms with Crippen LogP contribution in [0, 0.1) is 18.3 Å². The molecule has 0 saturated carbocycles. The molecule has 0 N–H and O–H groups in total. The van der Waals surface area contributed by atoms with Crippen LogP contribution in [0.15, 0.2) is 48.5 Å². The number of hydrogen-bond donors (Lipinski definition) is 0. The van der Waals surface area contributed by atoms with Gasteiger partial charge in [0, 0.05) is 43.5 Å². The minimum atomic E-state index is -0.193. The Hall–Kier alpha value is -2.04. The normalized spacial score (nSPS) is 19.8. The summed E-state index contributed by atoms with van der Waals surface area (Å²) < 4.78 is 6.31. The molecule has 2 atom stereocenters. The second kappa shape index (κ2) is 11.9. The second-order valence-corrected chi connectivity index (χ2v) is 10.4. The maximum Gasteiger partial charge on any atom is 0.223 e. The molecule has 1 heterocycles. The Kier molecular flexibility index (Phi) is 9.22. The molecule has 5 heteroatoms.